The van der Waals surface area contributed by atoms with Gasteiger partial charge < -0.3 is 5.32 Å². The molecule has 1 fully saturated rings. The highest BCUT2D eigenvalue weighted by Gasteiger charge is 2.25. The van der Waals surface area contributed by atoms with Gasteiger partial charge in [-0.05, 0) is 38.3 Å². The predicted octanol–water partition coefficient (Wildman–Crippen LogP) is 2.28. The van der Waals surface area contributed by atoms with Crippen molar-refractivity contribution in [2.45, 2.75) is 45.7 Å². The zero-order valence-corrected chi connectivity index (χ0v) is 12.5. The van der Waals surface area contributed by atoms with E-state index in [1.54, 1.807) is 6.20 Å². The van der Waals surface area contributed by atoms with Gasteiger partial charge in [0.2, 0.25) is 5.91 Å². The Labute approximate surface area is 124 Å². The summed E-state index contributed by atoms with van der Waals surface area (Å²) in [4.78, 5) is 15.8. The molecule has 2 aromatic heterocycles. The topological polar surface area (TPSA) is 59.8 Å². The van der Waals surface area contributed by atoms with Crippen molar-refractivity contribution in [2.24, 2.45) is 0 Å². The SMILES string of the molecule is Cc1nn(Cc2cccnc2)c(C)c1C1CCCC(=O)N1. The van der Waals surface area contributed by atoms with Gasteiger partial charge in [-0.25, -0.2) is 0 Å². The number of nitrogens with one attached hydrogen (secondary N) is 1. The Balaban J connectivity index is 1.87. The van der Waals surface area contributed by atoms with Crippen LogP contribution in [0.1, 0.15) is 47.8 Å². The molecule has 1 aliphatic heterocycles. The van der Waals surface area contributed by atoms with E-state index >= 15 is 0 Å². The summed E-state index contributed by atoms with van der Waals surface area (Å²) in [6.45, 7) is 4.80. The second-order valence-electron chi connectivity index (χ2n) is 5.62. The average molecular weight is 284 g/mol. The molecule has 1 amide bonds. The van der Waals surface area contributed by atoms with Gasteiger partial charge in [-0.15, -0.1) is 0 Å². The summed E-state index contributed by atoms with van der Waals surface area (Å²) in [7, 11) is 0. The number of rotatable bonds is 3. The van der Waals surface area contributed by atoms with E-state index in [0.29, 0.717) is 13.0 Å². The van der Waals surface area contributed by atoms with E-state index in [1.165, 1.54) is 5.56 Å². The van der Waals surface area contributed by atoms with E-state index in [9.17, 15) is 4.79 Å². The van der Waals surface area contributed by atoms with Crippen LogP contribution in [0.15, 0.2) is 24.5 Å². The molecular weight excluding hydrogens is 264 g/mol. The number of aryl methyl sites for hydroxylation is 1. The van der Waals surface area contributed by atoms with E-state index in [2.05, 4.69) is 22.3 Å². The smallest absolute Gasteiger partial charge is 0.220 e. The van der Waals surface area contributed by atoms with Gasteiger partial charge in [-0.1, -0.05) is 6.07 Å². The van der Waals surface area contributed by atoms with Crippen molar-refractivity contribution in [1.82, 2.24) is 20.1 Å². The summed E-state index contributed by atoms with van der Waals surface area (Å²) in [5.41, 5.74) is 4.43. The van der Waals surface area contributed by atoms with Crippen molar-refractivity contribution in [3.05, 3.63) is 47.0 Å². The molecule has 0 aromatic carbocycles. The Kier molecular flexibility index (Phi) is 3.73. The molecule has 0 bridgehead atoms. The van der Waals surface area contributed by atoms with Crippen molar-refractivity contribution < 1.29 is 4.79 Å². The minimum atomic E-state index is 0.105. The lowest BCUT2D eigenvalue weighted by molar-refractivity contribution is -0.123. The molecular formula is C16H20N4O. The molecule has 0 aliphatic carbocycles. The average Bonchev–Trinajstić information content (AvgIpc) is 2.74. The number of carbonyl (C=O) groups is 1. The van der Waals surface area contributed by atoms with Gasteiger partial charge in [0.05, 0.1) is 18.3 Å². The lowest BCUT2D eigenvalue weighted by Gasteiger charge is -2.23. The molecule has 1 atom stereocenters. The molecule has 0 radical (unpaired) electrons. The zero-order valence-electron chi connectivity index (χ0n) is 12.5. The highest BCUT2D eigenvalue weighted by Crippen LogP contribution is 2.28. The van der Waals surface area contributed by atoms with E-state index in [-0.39, 0.29) is 11.9 Å². The van der Waals surface area contributed by atoms with Crippen LogP contribution in [0, 0.1) is 13.8 Å². The van der Waals surface area contributed by atoms with E-state index in [1.807, 2.05) is 29.9 Å². The minimum absolute atomic E-state index is 0.105. The fraction of sp³-hybridized carbons (Fsp3) is 0.438. The summed E-state index contributed by atoms with van der Waals surface area (Å²) in [6, 6.07) is 4.09. The lowest BCUT2D eigenvalue weighted by Crippen LogP contribution is -2.33. The van der Waals surface area contributed by atoms with Gasteiger partial charge in [0.15, 0.2) is 0 Å². The second-order valence-corrected chi connectivity index (χ2v) is 5.62. The Morgan fingerprint density at radius 2 is 2.29 bits per heavy atom. The number of pyridine rings is 1. The quantitative estimate of drug-likeness (QED) is 0.940. The van der Waals surface area contributed by atoms with Gasteiger partial charge >= 0.3 is 0 Å². The fourth-order valence-corrected chi connectivity index (χ4v) is 3.06. The Hall–Kier alpha value is -2.17. The monoisotopic (exact) mass is 284 g/mol. The molecule has 110 valence electrons. The van der Waals surface area contributed by atoms with Crippen LogP contribution in [0.25, 0.3) is 0 Å². The summed E-state index contributed by atoms with van der Waals surface area (Å²) in [6.07, 6.45) is 6.21. The van der Waals surface area contributed by atoms with Crippen LogP contribution < -0.4 is 5.32 Å². The van der Waals surface area contributed by atoms with Crippen LogP contribution >= 0.6 is 0 Å². The predicted molar refractivity (Wildman–Crippen MR) is 79.8 cm³/mol. The number of amides is 1. The maximum Gasteiger partial charge on any atom is 0.220 e. The first-order valence-corrected chi connectivity index (χ1v) is 7.37. The molecule has 1 N–H and O–H groups in total. The first-order valence-electron chi connectivity index (χ1n) is 7.37. The van der Waals surface area contributed by atoms with Crippen LogP contribution in [0.5, 0.6) is 0 Å². The van der Waals surface area contributed by atoms with Crippen molar-refractivity contribution in [1.29, 1.82) is 0 Å². The van der Waals surface area contributed by atoms with Gasteiger partial charge in [-0.3, -0.25) is 14.5 Å². The number of nitrogens with zero attached hydrogens (tertiary/aromatic N) is 3. The van der Waals surface area contributed by atoms with Crippen LogP contribution in [-0.2, 0) is 11.3 Å². The number of carbonyl (C=O) groups excluding carboxylic acids is 1. The Morgan fingerprint density at radius 1 is 1.43 bits per heavy atom. The first-order chi connectivity index (χ1) is 10.1. The van der Waals surface area contributed by atoms with Crippen molar-refractivity contribution >= 4 is 5.91 Å². The fourth-order valence-electron chi connectivity index (χ4n) is 3.06. The van der Waals surface area contributed by atoms with Crippen LogP contribution in [0.3, 0.4) is 0 Å². The molecule has 5 nitrogen and oxygen atoms in total. The second kappa shape index (κ2) is 5.68. The van der Waals surface area contributed by atoms with E-state index in [4.69, 9.17) is 0 Å². The summed E-state index contributed by atoms with van der Waals surface area (Å²) >= 11 is 0. The van der Waals surface area contributed by atoms with Crippen molar-refractivity contribution in [3.8, 4) is 0 Å². The summed E-state index contributed by atoms with van der Waals surface area (Å²) in [5, 5.41) is 7.73. The standard InChI is InChI=1S/C16H20N4O/c1-11-16(14-6-3-7-15(21)18-14)12(2)20(19-11)10-13-5-4-8-17-9-13/h4-5,8-9,14H,3,6-7,10H2,1-2H3,(H,18,21). The number of hydrogen-bond acceptors (Lipinski definition) is 3. The van der Waals surface area contributed by atoms with Crippen molar-refractivity contribution in [2.75, 3.05) is 0 Å². The number of hydrogen-bond donors (Lipinski definition) is 1. The van der Waals surface area contributed by atoms with Crippen LogP contribution in [-0.4, -0.2) is 20.7 Å². The Morgan fingerprint density at radius 3 is 3.00 bits per heavy atom. The molecule has 0 spiro atoms. The number of piperidine rings is 1. The van der Waals surface area contributed by atoms with Crippen LogP contribution in [0.2, 0.25) is 0 Å². The molecule has 3 heterocycles. The first kappa shape index (κ1) is 13.8. The number of aromatic nitrogens is 3. The zero-order chi connectivity index (χ0) is 14.8. The van der Waals surface area contributed by atoms with Gasteiger partial charge in [-0.2, -0.15) is 5.10 Å². The third kappa shape index (κ3) is 2.82. The molecule has 21 heavy (non-hydrogen) atoms. The summed E-state index contributed by atoms with van der Waals surface area (Å²) in [5.74, 6) is 0.144. The highest BCUT2D eigenvalue weighted by atomic mass is 16.1. The minimum Gasteiger partial charge on any atom is -0.349 e. The van der Waals surface area contributed by atoms with Gasteiger partial charge in [0.1, 0.15) is 0 Å². The molecule has 1 aliphatic rings. The molecule has 2 aromatic rings. The van der Waals surface area contributed by atoms with Gasteiger partial charge in [0.25, 0.3) is 0 Å². The molecule has 0 saturated carbocycles. The maximum absolute atomic E-state index is 11.6. The van der Waals surface area contributed by atoms with Crippen molar-refractivity contribution in [3.63, 3.8) is 0 Å². The van der Waals surface area contributed by atoms with E-state index < -0.39 is 0 Å². The largest absolute Gasteiger partial charge is 0.349 e. The van der Waals surface area contributed by atoms with Crippen LogP contribution in [0.4, 0.5) is 0 Å². The highest BCUT2D eigenvalue weighted by molar-refractivity contribution is 5.77. The third-order valence-electron chi connectivity index (χ3n) is 4.07. The van der Waals surface area contributed by atoms with Gasteiger partial charge in [0, 0.05) is 30.1 Å². The Bertz CT molecular complexity index is 648. The lowest BCUT2D eigenvalue weighted by atomic mass is 9.96. The normalized spacial score (nSPS) is 18.6. The molecule has 5 heteroatoms. The van der Waals surface area contributed by atoms with E-state index in [0.717, 1.165) is 29.8 Å². The molecule has 1 saturated heterocycles. The summed E-state index contributed by atoms with van der Waals surface area (Å²) < 4.78 is 2.00. The molecule has 1 unspecified atom stereocenters. The maximum atomic E-state index is 11.6. The molecule has 3 rings (SSSR count). The third-order valence-corrected chi connectivity index (χ3v) is 4.07.